The Morgan fingerprint density at radius 2 is 1.00 bits per heavy atom. The van der Waals surface area contributed by atoms with Crippen molar-refractivity contribution >= 4 is 8.24 Å². The second-order valence-electron chi connectivity index (χ2n) is 7.90. The molecule has 4 unspecified atom stereocenters. The van der Waals surface area contributed by atoms with Gasteiger partial charge in [0.25, 0.3) is 0 Å². The molecule has 3 heteroatoms. The predicted octanol–water partition coefficient (Wildman–Crippen LogP) is 6.64. The van der Waals surface area contributed by atoms with Gasteiger partial charge < -0.3 is 27.3 Å². The van der Waals surface area contributed by atoms with Gasteiger partial charge in [-0.25, -0.2) is 0 Å². The average molecular weight is 391 g/mol. The van der Waals surface area contributed by atoms with E-state index in [-0.39, 0.29) is 54.0 Å². The van der Waals surface area contributed by atoms with Crippen LogP contribution in [0.2, 0.25) is 18.6 Å². The Labute approximate surface area is 157 Å². The van der Waals surface area contributed by atoms with Gasteiger partial charge in [0.2, 0.25) is 0 Å². The van der Waals surface area contributed by atoms with Crippen LogP contribution in [0.5, 0.6) is 0 Å². The minimum absolute atomic E-state index is 0. The van der Waals surface area contributed by atoms with Gasteiger partial charge in [-0.15, -0.1) is 5.54 Å². The molecule has 4 atom stereocenters. The Bertz CT molecular complexity index is 259. The first kappa shape index (κ1) is 30.0. The van der Waals surface area contributed by atoms with Crippen molar-refractivity contribution in [3.8, 4) is 0 Å². The molecule has 1 aliphatic carbocycles. The molecule has 1 aliphatic rings. The van der Waals surface area contributed by atoms with Crippen molar-refractivity contribution in [3.05, 3.63) is 27.3 Å². The Balaban J connectivity index is -0.000000361. The van der Waals surface area contributed by atoms with Gasteiger partial charge in [-0.05, 0) is 23.7 Å². The maximum absolute atomic E-state index is 5.23. The summed E-state index contributed by atoms with van der Waals surface area (Å²) in [4.78, 5) is 5.23. The minimum Gasteiger partial charge on any atom is -0.660 e. The van der Waals surface area contributed by atoms with E-state index in [9.17, 15) is 0 Å². The second-order valence-corrected chi connectivity index (χ2v) is 12.1. The van der Waals surface area contributed by atoms with Crippen molar-refractivity contribution in [2.75, 3.05) is 0 Å². The zero-order valence-electron chi connectivity index (χ0n) is 16.8. The van der Waals surface area contributed by atoms with Gasteiger partial charge >= 0.3 is 26.2 Å². The van der Waals surface area contributed by atoms with Crippen LogP contribution < -0.4 is 0 Å². The molecule has 0 aromatic carbocycles. The molecule has 0 N–H and O–H groups in total. The first-order valence-corrected chi connectivity index (χ1v) is 10.2. The van der Waals surface area contributed by atoms with Crippen molar-refractivity contribution in [1.29, 1.82) is 0 Å². The molecule has 1 saturated carbocycles. The number of nitrogens with zero attached hydrogens (tertiary/aromatic N) is 1. The maximum atomic E-state index is 5.23. The third kappa shape index (κ3) is 7.00. The fourth-order valence-electron chi connectivity index (χ4n) is 4.32. The summed E-state index contributed by atoms with van der Waals surface area (Å²) >= 11 is 0. The maximum Gasteiger partial charge on any atom is 4.00 e. The molecule has 0 bridgehead atoms. The van der Waals surface area contributed by atoms with Gasteiger partial charge in [0.1, 0.15) is 0 Å². The van der Waals surface area contributed by atoms with E-state index in [0.717, 1.165) is 29.2 Å². The van der Waals surface area contributed by atoms with Crippen LogP contribution in [0.4, 0.5) is 0 Å². The van der Waals surface area contributed by atoms with Gasteiger partial charge in [-0.1, -0.05) is 75.3 Å². The standard InChI is InChI=1S/C15H32NSi.3CH3.Zr/c1-10-11(2)13(4)14(12(10)3)17(8,9)16-15(5,6)7;;;;/h10-14H,1-9H3;3*1H3;/q4*-1;+4. The Kier molecular flexibility index (Phi) is 14.3. The van der Waals surface area contributed by atoms with Crippen LogP contribution in [-0.4, -0.2) is 13.8 Å². The molecule has 1 nitrogen and oxygen atoms in total. The van der Waals surface area contributed by atoms with Gasteiger partial charge in [-0.2, -0.15) is 0 Å². The molecule has 0 aliphatic heterocycles. The zero-order valence-corrected chi connectivity index (χ0v) is 20.3. The summed E-state index contributed by atoms with van der Waals surface area (Å²) < 4.78 is 0. The van der Waals surface area contributed by atoms with Gasteiger partial charge in [0.15, 0.2) is 0 Å². The second kappa shape index (κ2) is 10.0. The molecule has 0 saturated heterocycles. The van der Waals surface area contributed by atoms with E-state index in [1.54, 1.807) is 0 Å². The van der Waals surface area contributed by atoms with E-state index in [1.165, 1.54) is 0 Å². The summed E-state index contributed by atoms with van der Waals surface area (Å²) in [6, 6.07) is 0. The summed E-state index contributed by atoms with van der Waals surface area (Å²) in [5, 5.41) is 0. The molecule has 0 amide bonds. The van der Waals surface area contributed by atoms with Crippen molar-refractivity contribution in [2.24, 2.45) is 23.7 Å². The molecular weight excluding hydrogens is 350 g/mol. The third-order valence-corrected chi connectivity index (χ3v) is 8.99. The van der Waals surface area contributed by atoms with Crippen LogP contribution >= 0.6 is 0 Å². The topological polar surface area (TPSA) is 14.1 Å². The van der Waals surface area contributed by atoms with Crippen LogP contribution in [0.1, 0.15) is 48.5 Å². The summed E-state index contributed by atoms with van der Waals surface area (Å²) in [6.45, 7) is 21.5. The average Bonchev–Trinajstić information content (AvgIpc) is 2.27. The molecule has 1 fully saturated rings. The van der Waals surface area contributed by atoms with E-state index < -0.39 is 8.24 Å². The first-order valence-electron chi connectivity index (χ1n) is 7.21. The number of hydrogen-bond donors (Lipinski definition) is 0. The van der Waals surface area contributed by atoms with E-state index in [0.29, 0.717) is 0 Å². The van der Waals surface area contributed by atoms with E-state index >= 15 is 0 Å². The minimum atomic E-state index is -1.49. The molecule has 21 heavy (non-hydrogen) atoms. The summed E-state index contributed by atoms with van der Waals surface area (Å²) in [5.41, 5.74) is 0.983. The first-order chi connectivity index (χ1) is 7.47. The molecule has 0 heterocycles. The summed E-state index contributed by atoms with van der Waals surface area (Å²) in [7, 11) is -1.49. The monoisotopic (exact) mass is 389 g/mol. The predicted molar refractivity (Wildman–Crippen MR) is 100 cm³/mol. The molecule has 0 aromatic heterocycles. The molecule has 126 valence electrons. The molecule has 0 aromatic rings. The smallest absolute Gasteiger partial charge is 0.660 e. The van der Waals surface area contributed by atoms with Crippen LogP contribution in [0.15, 0.2) is 0 Å². The van der Waals surface area contributed by atoms with Crippen LogP contribution in [0.25, 0.3) is 4.98 Å². The Morgan fingerprint density at radius 1 is 0.714 bits per heavy atom. The molecule has 0 spiro atoms. The van der Waals surface area contributed by atoms with Gasteiger partial charge in [-0.3, -0.25) is 0 Å². The van der Waals surface area contributed by atoms with E-state index in [4.69, 9.17) is 4.98 Å². The van der Waals surface area contributed by atoms with Gasteiger partial charge in [0.05, 0.1) is 0 Å². The third-order valence-electron chi connectivity index (χ3n) is 5.06. The van der Waals surface area contributed by atoms with E-state index in [1.807, 2.05) is 0 Å². The van der Waals surface area contributed by atoms with Crippen LogP contribution in [0, 0.1) is 46.0 Å². The zero-order chi connectivity index (χ0) is 13.6. The van der Waals surface area contributed by atoms with Crippen molar-refractivity contribution < 1.29 is 26.2 Å². The Hall–Kier alpha value is 1.06. The van der Waals surface area contributed by atoms with Crippen LogP contribution in [0.3, 0.4) is 0 Å². The van der Waals surface area contributed by atoms with Crippen molar-refractivity contribution in [1.82, 2.24) is 0 Å². The van der Waals surface area contributed by atoms with Crippen LogP contribution in [-0.2, 0) is 26.2 Å². The van der Waals surface area contributed by atoms with Crippen molar-refractivity contribution in [2.45, 2.75) is 72.6 Å². The normalized spacial score (nSPS) is 32.1. The molecular formula is C18H41NSiZr. The fourth-order valence-corrected chi connectivity index (χ4v) is 9.37. The van der Waals surface area contributed by atoms with Gasteiger partial charge in [0, 0.05) is 0 Å². The SMILES string of the molecule is CC1C(C)C(C)C([Si](C)(C)[N-]C(C)(C)C)C1C.[CH3-].[CH3-].[CH3-].[Zr+4]. The Morgan fingerprint density at radius 3 is 1.24 bits per heavy atom. The largest absolute Gasteiger partial charge is 4.00 e. The summed E-state index contributed by atoms with van der Waals surface area (Å²) in [5.74, 6) is 3.40. The number of rotatable bonds is 2. The quantitative estimate of drug-likeness (QED) is 0.370. The van der Waals surface area contributed by atoms with Crippen molar-refractivity contribution in [3.63, 3.8) is 0 Å². The van der Waals surface area contributed by atoms with E-state index in [2.05, 4.69) is 61.6 Å². The molecule has 1 rings (SSSR count). The summed E-state index contributed by atoms with van der Waals surface area (Å²) in [6.07, 6.45) is 0. The molecule has 0 radical (unpaired) electrons. The number of hydrogen-bond acceptors (Lipinski definition) is 0. The fraction of sp³-hybridized carbons (Fsp3) is 0.833.